The van der Waals surface area contributed by atoms with E-state index < -0.39 is 0 Å². The van der Waals surface area contributed by atoms with Crippen LogP contribution in [0.15, 0.2) is 42.5 Å². The van der Waals surface area contributed by atoms with Crippen molar-refractivity contribution in [2.45, 2.75) is 6.04 Å². The minimum Gasteiger partial charge on any atom is -0.340 e. The number of rotatable bonds is 4. The van der Waals surface area contributed by atoms with Gasteiger partial charge in [-0.15, -0.1) is 0 Å². The van der Waals surface area contributed by atoms with Gasteiger partial charge >= 0.3 is 0 Å². The zero-order chi connectivity index (χ0) is 14.8. The molecule has 21 heavy (non-hydrogen) atoms. The fourth-order valence-corrected chi connectivity index (χ4v) is 2.57. The number of hydrogen-bond donors (Lipinski definition) is 1. The lowest BCUT2D eigenvalue weighted by Crippen LogP contribution is -2.58. The number of carbonyl (C=O) groups is 1. The van der Waals surface area contributed by atoms with Crippen molar-refractivity contribution in [3.8, 4) is 11.3 Å². The van der Waals surface area contributed by atoms with Crippen molar-refractivity contribution in [3.05, 3.63) is 48.2 Å². The maximum Gasteiger partial charge on any atom is 0.294 e. The maximum absolute atomic E-state index is 12.6. The molecule has 1 fully saturated rings. The molecule has 1 saturated heterocycles. The molecule has 5 nitrogen and oxygen atoms in total. The average Bonchev–Trinajstić information content (AvgIpc) is 2.84. The van der Waals surface area contributed by atoms with Crippen LogP contribution in [0.1, 0.15) is 10.5 Å². The molecule has 0 bridgehead atoms. The highest BCUT2D eigenvalue weighted by molar-refractivity contribution is 5.93. The normalized spacial score (nSPS) is 14.8. The van der Waals surface area contributed by atoms with Gasteiger partial charge < -0.3 is 9.88 Å². The van der Waals surface area contributed by atoms with Crippen molar-refractivity contribution in [2.24, 2.45) is 7.05 Å². The molecule has 110 valence electrons. The highest BCUT2D eigenvalue weighted by Crippen LogP contribution is 2.22. The molecule has 0 saturated carbocycles. The lowest BCUT2D eigenvalue weighted by atomic mass is 10.1. The van der Waals surface area contributed by atoms with Gasteiger partial charge in [0.25, 0.3) is 5.91 Å². The van der Waals surface area contributed by atoms with Crippen LogP contribution in [-0.2, 0) is 11.9 Å². The van der Waals surface area contributed by atoms with Crippen LogP contribution >= 0.6 is 0 Å². The summed E-state index contributed by atoms with van der Waals surface area (Å²) >= 11 is 0. The highest BCUT2D eigenvalue weighted by atomic mass is 16.7. The Balaban J connectivity index is 1.89. The zero-order valence-electron chi connectivity index (χ0n) is 12.2. The van der Waals surface area contributed by atoms with Gasteiger partial charge in [0.15, 0.2) is 0 Å². The largest absolute Gasteiger partial charge is 0.340 e. The summed E-state index contributed by atoms with van der Waals surface area (Å²) in [5.74, 6) is -0.103. The first-order chi connectivity index (χ1) is 10.2. The minimum absolute atomic E-state index is 0.103. The van der Waals surface area contributed by atoms with E-state index in [2.05, 4.69) is 5.32 Å². The molecule has 3 rings (SSSR count). The summed E-state index contributed by atoms with van der Waals surface area (Å²) < 4.78 is 1.91. The number of aromatic nitrogens is 1. The third-order valence-corrected chi connectivity index (χ3v) is 3.90. The molecule has 1 N–H and O–H groups in total. The van der Waals surface area contributed by atoms with Crippen molar-refractivity contribution < 1.29 is 9.63 Å². The Bertz CT molecular complexity index is 632. The van der Waals surface area contributed by atoms with E-state index in [-0.39, 0.29) is 11.9 Å². The summed E-state index contributed by atoms with van der Waals surface area (Å²) in [6.07, 6.45) is 0. The van der Waals surface area contributed by atoms with Gasteiger partial charge in [0.1, 0.15) is 5.69 Å². The first kappa shape index (κ1) is 13.9. The standard InChI is InChI=1S/C16H19N3O2/c1-18-14(12-6-4-3-5-7-12)8-9-15(18)16(20)19(21-2)13-10-17-11-13/h3-9,13,17H,10-11H2,1-2H3. The second kappa shape index (κ2) is 5.71. The van der Waals surface area contributed by atoms with Gasteiger partial charge in [0.05, 0.1) is 13.2 Å². The van der Waals surface area contributed by atoms with Crippen LogP contribution in [0.4, 0.5) is 0 Å². The molecule has 0 radical (unpaired) electrons. The van der Waals surface area contributed by atoms with Crippen LogP contribution in [-0.4, -0.2) is 41.8 Å². The lowest BCUT2D eigenvalue weighted by Gasteiger charge is -2.35. The smallest absolute Gasteiger partial charge is 0.294 e. The molecule has 0 aliphatic carbocycles. The number of nitrogens with zero attached hydrogens (tertiary/aromatic N) is 2. The Hall–Kier alpha value is -2.11. The van der Waals surface area contributed by atoms with E-state index in [0.717, 1.165) is 24.3 Å². The van der Waals surface area contributed by atoms with Gasteiger partial charge in [-0.25, -0.2) is 5.06 Å². The monoisotopic (exact) mass is 285 g/mol. The maximum atomic E-state index is 12.6. The second-order valence-electron chi connectivity index (χ2n) is 5.15. The summed E-state index contributed by atoms with van der Waals surface area (Å²) in [5, 5.41) is 4.61. The fourth-order valence-electron chi connectivity index (χ4n) is 2.57. The molecule has 1 aromatic heterocycles. The van der Waals surface area contributed by atoms with Gasteiger partial charge in [-0.05, 0) is 17.7 Å². The van der Waals surface area contributed by atoms with Gasteiger partial charge in [0.2, 0.25) is 0 Å². The van der Waals surface area contributed by atoms with Crippen molar-refractivity contribution >= 4 is 5.91 Å². The zero-order valence-corrected chi connectivity index (χ0v) is 12.2. The van der Waals surface area contributed by atoms with Crippen molar-refractivity contribution in [3.63, 3.8) is 0 Å². The molecule has 0 unspecified atom stereocenters. The quantitative estimate of drug-likeness (QED) is 0.869. The first-order valence-corrected chi connectivity index (χ1v) is 7.02. The SMILES string of the molecule is CON(C(=O)c1ccc(-c2ccccc2)n1C)C1CNC1. The fraction of sp³-hybridized carbons (Fsp3) is 0.312. The minimum atomic E-state index is -0.103. The first-order valence-electron chi connectivity index (χ1n) is 7.02. The molecule has 1 aliphatic heterocycles. The van der Waals surface area contributed by atoms with Crippen molar-refractivity contribution in [2.75, 3.05) is 20.2 Å². The predicted octanol–water partition coefficient (Wildman–Crippen LogP) is 1.67. The number of hydrogen-bond acceptors (Lipinski definition) is 3. The van der Waals surface area contributed by atoms with Gasteiger partial charge in [-0.2, -0.15) is 0 Å². The van der Waals surface area contributed by atoms with E-state index >= 15 is 0 Å². The van der Waals surface area contributed by atoms with E-state index in [4.69, 9.17) is 4.84 Å². The van der Waals surface area contributed by atoms with E-state index in [1.165, 1.54) is 12.2 Å². The van der Waals surface area contributed by atoms with E-state index in [9.17, 15) is 4.79 Å². The molecular formula is C16H19N3O2. The summed E-state index contributed by atoms with van der Waals surface area (Å²) in [5.41, 5.74) is 2.73. The number of nitrogens with one attached hydrogen (secondary N) is 1. The van der Waals surface area contributed by atoms with Gasteiger partial charge in [0, 0.05) is 25.8 Å². The third-order valence-electron chi connectivity index (χ3n) is 3.90. The number of hydroxylamine groups is 2. The molecule has 2 heterocycles. The second-order valence-corrected chi connectivity index (χ2v) is 5.15. The Morgan fingerprint density at radius 3 is 2.52 bits per heavy atom. The highest BCUT2D eigenvalue weighted by Gasteiger charge is 2.31. The van der Waals surface area contributed by atoms with Crippen LogP contribution in [0.5, 0.6) is 0 Å². The van der Waals surface area contributed by atoms with E-state index in [1.807, 2.05) is 54.1 Å². The van der Waals surface area contributed by atoms with Crippen LogP contribution in [0.25, 0.3) is 11.3 Å². The van der Waals surface area contributed by atoms with Gasteiger partial charge in [-0.3, -0.25) is 9.63 Å². The predicted molar refractivity (Wildman–Crippen MR) is 80.7 cm³/mol. The summed E-state index contributed by atoms with van der Waals surface area (Å²) in [4.78, 5) is 17.9. The Kier molecular flexibility index (Phi) is 3.77. The number of carbonyl (C=O) groups excluding carboxylic acids is 1. The van der Waals surface area contributed by atoms with Crippen LogP contribution < -0.4 is 5.32 Å². The van der Waals surface area contributed by atoms with Crippen LogP contribution in [0.3, 0.4) is 0 Å². The molecule has 1 aliphatic rings. The van der Waals surface area contributed by atoms with Gasteiger partial charge in [-0.1, -0.05) is 30.3 Å². The Morgan fingerprint density at radius 1 is 1.24 bits per heavy atom. The Labute approximate surface area is 124 Å². The lowest BCUT2D eigenvalue weighted by molar-refractivity contribution is -0.133. The molecule has 0 atom stereocenters. The molecule has 5 heteroatoms. The number of benzene rings is 1. The molecule has 1 amide bonds. The summed E-state index contributed by atoms with van der Waals surface area (Å²) in [6, 6.07) is 14.0. The molecule has 1 aromatic carbocycles. The molecule has 0 spiro atoms. The third kappa shape index (κ3) is 2.46. The van der Waals surface area contributed by atoms with E-state index in [1.54, 1.807) is 0 Å². The molecule has 2 aromatic rings. The van der Waals surface area contributed by atoms with E-state index in [0.29, 0.717) is 5.69 Å². The molecular weight excluding hydrogens is 266 g/mol. The Morgan fingerprint density at radius 2 is 1.95 bits per heavy atom. The van der Waals surface area contributed by atoms with Crippen LogP contribution in [0.2, 0.25) is 0 Å². The average molecular weight is 285 g/mol. The van der Waals surface area contributed by atoms with Crippen LogP contribution in [0, 0.1) is 0 Å². The summed E-state index contributed by atoms with van der Waals surface area (Å²) in [6.45, 7) is 1.55. The number of amides is 1. The summed E-state index contributed by atoms with van der Waals surface area (Å²) in [7, 11) is 3.44. The van der Waals surface area contributed by atoms with Crippen molar-refractivity contribution in [1.82, 2.24) is 14.9 Å². The van der Waals surface area contributed by atoms with Crippen molar-refractivity contribution in [1.29, 1.82) is 0 Å². The topological polar surface area (TPSA) is 46.5 Å².